The number of alkyl carbamates (subject to hydrolysis) is 1. The SMILES string of the molecule is CCCNC(=O)OCC(CC)(CC)COC(N)=O. The molecular weight excluding hydrogens is 236 g/mol. The van der Waals surface area contributed by atoms with Gasteiger partial charge in [-0.3, -0.25) is 0 Å². The van der Waals surface area contributed by atoms with E-state index in [-0.39, 0.29) is 18.6 Å². The molecule has 106 valence electrons. The van der Waals surface area contributed by atoms with E-state index in [4.69, 9.17) is 15.2 Å². The lowest BCUT2D eigenvalue weighted by atomic mass is 9.84. The summed E-state index contributed by atoms with van der Waals surface area (Å²) in [7, 11) is 0. The van der Waals surface area contributed by atoms with E-state index < -0.39 is 12.2 Å². The summed E-state index contributed by atoms with van der Waals surface area (Å²) >= 11 is 0. The lowest BCUT2D eigenvalue weighted by molar-refractivity contribution is 0.0235. The van der Waals surface area contributed by atoms with Crippen molar-refractivity contribution >= 4 is 12.2 Å². The van der Waals surface area contributed by atoms with Crippen molar-refractivity contribution in [2.24, 2.45) is 11.1 Å². The Kier molecular flexibility index (Phi) is 7.91. The van der Waals surface area contributed by atoms with Crippen LogP contribution in [0.3, 0.4) is 0 Å². The van der Waals surface area contributed by atoms with Crippen molar-refractivity contribution in [2.75, 3.05) is 19.8 Å². The predicted molar refractivity (Wildman–Crippen MR) is 68.2 cm³/mol. The number of amides is 2. The predicted octanol–water partition coefficient (Wildman–Crippen LogP) is 2.02. The molecule has 0 aliphatic carbocycles. The maximum absolute atomic E-state index is 11.4. The Morgan fingerprint density at radius 3 is 2.11 bits per heavy atom. The molecule has 0 aromatic heterocycles. The number of carbonyl (C=O) groups excluding carboxylic acids is 2. The van der Waals surface area contributed by atoms with Gasteiger partial charge in [-0.15, -0.1) is 0 Å². The number of carbonyl (C=O) groups is 2. The fraction of sp³-hybridized carbons (Fsp3) is 0.833. The fourth-order valence-corrected chi connectivity index (χ4v) is 1.42. The highest BCUT2D eigenvalue weighted by Crippen LogP contribution is 2.27. The normalized spacial score (nSPS) is 10.8. The highest BCUT2D eigenvalue weighted by atomic mass is 16.6. The topological polar surface area (TPSA) is 90.7 Å². The van der Waals surface area contributed by atoms with Gasteiger partial charge in [0.1, 0.15) is 13.2 Å². The third-order valence-electron chi connectivity index (χ3n) is 3.05. The van der Waals surface area contributed by atoms with Crippen LogP contribution in [0.4, 0.5) is 9.59 Å². The van der Waals surface area contributed by atoms with E-state index in [9.17, 15) is 9.59 Å². The number of hydrogen-bond donors (Lipinski definition) is 2. The van der Waals surface area contributed by atoms with Crippen LogP contribution in [0.15, 0.2) is 0 Å². The van der Waals surface area contributed by atoms with Crippen LogP contribution < -0.4 is 11.1 Å². The van der Waals surface area contributed by atoms with Gasteiger partial charge in [0, 0.05) is 12.0 Å². The van der Waals surface area contributed by atoms with Gasteiger partial charge in [-0.1, -0.05) is 20.8 Å². The van der Waals surface area contributed by atoms with Gasteiger partial charge in [-0.2, -0.15) is 0 Å². The van der Waals surface area contributed by atoms with Crippen LogP contribution in [-0.4, -0.2) is 31.9 Å². The van der Waals surface area contributed by atoms with E-state index in [1.807, 2.05) is 20.8 Å². The minimum absolute atomic E-state index is 0.163. The molecule has 0 spiro atoms. The zero-order chi connectivity index (χ0) is 14.0. The smallest absolute Gasteiger partial charge is 0.407 e. The molecule has 0 aliphatic heterocycles. The molecular formula is C12H24N2O4. The minimum atomic E-state index is -0.809. The highest BCUT2D eigenvalue weighted by Gasteiger charge is 2.29. The molecule has 0 aromatic rings. The molecule has 3 N–H and O–H groups in total. The number of primary amides is 1. The molecule has 0 fully saturated rings. The molecule has 0 radical (unpaired) electrons. The van der Waals surface area contributed by atoms with E-state index in [1.165, 1.54) is 0 Å². The van der Waals surface area contributed by atoms with E-state index in [0.717, 1.165) is 19.3 Å². The molecule has 6 nitrogen and oxygen atoms in total. The van der Waals surface area contributed by atoms with Crippen LogP contribution in [0.2, 0.25) is 0 Å². The maximum atomic E-state index is 11.4. The van der Waals surface area contributed by atoms with Gasteiger partial charge in [0.25, 0.3) is 0 Å². The standard InChI is InChI=1S/C12H24N2O4/c1-4-7-14-11(16)18-9-12(5-2,6-3)8-17-10(13)15/h4-9H2,1-3H3,(H2,13,15)(H,14,16). The number of rotatable bonds is 8. The van der Waals surface area contributed by atoms with Crippen LogP contribution in [0, 0.1) is 5.41 Å². The Morgan fingerprint density at radius 2 is 1.67 bits per heavy atom. The van der Waals surface area contributed by atoms with Crippen LogP contribution in [0.25, 0.3) is 0 Å². The lowest BCUT2D eigenvalue weighted by Gasteiger charge is -2.29. The summed E-state index contributed by atoms with van der Waals surface area (Å²) < 4.78 is 9.97. The van der Waals surface area contributed by atoms with Gasteiger partial charge in [0.2, 0.25) is 0 Å². The van der Waals surface area contributed by atoms with Crippen LogP contribution >= 0.6 is 0 Å². The van der Waals surface area contributed by atoms with Crippen molar-refractivity contribution in [3.63, 3.8) is 0 Å². The molecule has 0 saturated carbocycles. The van der Waals surface area contributed by atoms with Gasteiger partial charge in [-0.05, 0) is 19.3 Å². The largest absolute Gasteiger partial charge is 0.449 e. The van der Waals surface area contributed by atoms with Crippen LogP contribution in [0.1, 0.15) is 40.0 Å². The van der Waals surface area contributed by atoms with E-state index in [2.05, 4.69) is 5.32 Å². The molecule has 0 saturated heterocycles. The first-order valence-electron chi connectivity index (χ1n) is 6.32. The molecule has 0 rings (SSSR count). The first-order valence-corrected chi connectivity index (χ1v) is 6.32. The van der Waals surface area contributed by atoms with Crippen molar-refractivity contribution in [3.8, 4) is 0 Å². The van der Waals surface area contributed by atoms with Crippen molar-refractivity contribution in [2.45, 2.75) is 40.0 Å². The molecule has 0 bridgehead atoms. The Morgan fingerprint density at radius 1 is 1.11 bits per heavy atom. The second kappa shape index (κ2) is 8.60. The first kappa shape index (κ1) is 16.5. The van der Waals surface area contributed by atoms with Crippen molar-refractivity contribution in [3.05, 3.63) is 0 Å². The fourth-order valence-electron chi connectivity index (χ4n) is 1.42. The summed E-state index contributed by atoms with van der Waals surface area (Å²) in [5, 5.41) is 2.62. The number of hydrogen-bond acceptors (Lipinski definition) is 4. The zero-order valence-corrected chi connectivity index (χ0v) is 11.5. The summed E-state index contributed by atoms with van der Waals surface area (Å²) in [5.74, 6) is 0. The Labute approximate surface area is 108 Å². The second-order valence-electron chi connectivity index (χ2n) is 4.32. The van der Waals surface area contributed by atoms with Gasteiger partial charge in [-0.25, -0.2) is 9.59 Å². The Hall–Kier alpha value is -1.46. The Bertz CT molecular complexity index is 265. The van der Waals surface area contributed by atoms with E-state index in [1.54, 1.807) is 0 Å². The van der Waals surface area contributed by atoms with Gasteiger partial charge >= 0.3 is 12.2 Å². The second-order valence-corrected chi connectivity index (χ2v) is 4.32. The van der Waals surface area contributed by atoms with Crippen molar-refractivity contribution < 1.29 is 19.1 Å². The maximum Gasteiger partial charge on any atom is 0.407 e. The molecule has 0 aliphatic rings. The van der Waals surface area contributed by atoms with Gasteiger partial charge in [0.05, 0.1) is 0 Å². The van der Waals surface area contributed by atoms with Gasteiger partial charge in [0.15, 0.2) is 0 Å². The Balaban J connectivity index is 4.24. The third kappa shape index (κ3) is 6.32. The monoisotopic (exact) mass is 260 g/mol. The molecule has 0 heterocycles. The molecule has 0 aromatic carbocycles. The third-order valence-corrected chi connectivity index (χ3v) is 3.05. The summed E-state index contributed by atoms with van der Waals surface area (Å²) in [6.07, 6.45) is 1.07. The zero-order valence-electron chi connectivity index (χ0n) is 11.5. The van der Waals surface area contributed by atoms with Crippen LogP contribution in [-0.2, 0) is 9.47 Å². The van der Waals surface area contributed by atoms with Crippen molar-refractivity contribution in [1.82, 2.24) is 5.32 Å². The van der Waals surface area contributed by atoms with Crippen LogP contribution in [0.5, 0.6) is 0 Å². The summed E-state index contributed by atoms with van der Waals surface area (Å²) in [6, 6.07) is 0. The first-order chi connectivity index (χ1) is 8.49. The summed E-state index contributed by atoms with van der Waals surface area (Å²) in [6.45, 7) is 6.84. The molecule has 6 heteroatoms. The number of nitrogens with two attached hydrogens (primary N) is 1. The average molecular weight is 260 g/mol. The van der Waals surface area contributed by atoms with E-state index in [0.29, 0.717) is 6.54 Å². The van der Waals surface area contributed by atoms with E-state index >= 15 is 0 Å². The lowest BCUT2D eigenvalue weighted by Crippen LogP contribution is -2.36. The van der Waals surface area contributed by atoms with Crippen molar-refractivity contribution in [1.29, 1.82) is 0 Å². The highest BCUT2D eigenvalue weighted by molar-refractivity contribution is 5.67. The quantitative estimate of drug-likeness (QED) is 0.698. The molecule has 2 amide bonds. The number of nitrogens with one attached hydrogen (secondary N) is 1. The molecule has 18 heavy (non-hydrogen) atoms. The minimum Gasteiger partial charge on any atom is -0.449 e. The number of ether oxygens (including phenoxy) is 2. The average Bonchev–Trinajstić information content (AvgIpc) is 2.37. The van der Waals surface area contributed by atoms with Gasteiger partial charge < -0.3 is 20.5 Å². The molecule has 0 atom stereocenters. The summed E-state index contributed by atoms with van der Waals surface area (Å²) in [5.41, 5.74) is 4.59. The summed E-state index contributed by atoms with van der Waals surface area (Å²) in [4.78, 5) is 22.0. The molecule has 0 unspecified atom stereocenters.